The van der Waals surface area contributed by atoms with Gasteiger partial charge in [-0.25, -0.2) is 0 Å². The van der Waals surface area contributed by atoms with E-state index in [-0.39, 0.29) is 6.67 Å². The summed E-state index contributed by atoms with van der Waals surface area (Å²) in [4.78, 5) is 0. The van der Waals surface area contributed by atoms with Gasteiger partial charge in [0, 0.05) is 6.42 Å². The number of nitrogens with one attached hydrogen (secondary N) is 1. The van der Waals surface area contributed by atoms with Gasteiger partial charge in [0.15, 0.2) is 5.84 Å². The summed E-state index contributed by atoms with van der Waals surface area (Å²) in [6.45, 7) is 2.28. The molecule has 0 aromatic rings. The molecule has 0 aliphatic carbocycles. The second kappa shape index (κ2) is 3.39. The van der Waals surface area contributed by atoms with Crippen LogP contribution in [0.4, 0.5) is 4.48 Å². The van der Waals surface area contributed by atoms with Gasteiger partial charge in [0.1, 0.15) is 6.67 Å². The van der Waals surface area contributed by atoms with Gasteiger partial charge >= 0.3 is 0 Å². The van der Waals surface area contributed by atoms with Crippen LogP contribution in [0.15, 0.2) is 5.10 Å². The molecular formula is C6H12FN3. The van der Waals surface area contributed by atoms with E-state index in [0.717, 1.165) is 19.3 Å². The highest BCUT2D eigenvalue weighted by atomic mass is 19.2. The topological polar surface area (TPSA) is 27.6 Å². The lowest BCUT2D eigenvalue weighted by Crippen LogP contribution is -2.19. The lowest BCUT2D eigenvalue weighted by Gasteiger charge is -2.04. The molecule has 0 bridgehead atoms. The van der Waals surface area contributed by atoms with Crippen LogP contribution in [-0.2, 0) is 0 Å². The van der Waals surface area contributed by atoms with Crippen LogP contribution in [0.3, 0.4) is 0 Å². The molecular weight excluding hydrogens is 133 g/mol. The first kappa shape index (κ1) is 7.31. The Morgan fingerprint density at radius 3 is 3.10 bits per heavy atom. The highest BCUT2D eigenvalue weighted by Crippen LogP contribution is 2.05. The smallest absolute Gasteiger partial charge is 0.156 e. The van der Waals surface area contributed by atoms with E-state index in [1.54, 1.807) is 0 Å². The van der Waals surface area contributed by atoms with E-state index in [1.807, 2.05) is 0 Å². The van der Waals surface area contributed by atoms with Crippen molar-refractivity contribution in [3.63, 3.8) is 0 Å². The Morgan fingerprint density at radius 2 is 2.60 bits per heavy atom. The molecule has 4 heteroatoms. The van der Waals surface area contributed by atoms with Gasteiger partial charge in [0.25, 0.3) is 0 Å². The van der Waals surface area contributed by atoms with Gasteiger partial charge in [-0.2, -0.15) is 10.2 Å². The van der Waals surface area contributed by atoms with E-state index in [9.17, 15) is 4.48 Å². The van der Waals surface area contributed by atoms with Crippen molar-refractivity contribution in [3.05, 3.63) is 0 Å². The summed E-state index contributed by atoms with van der Waals surface area (Å²) in [7, 11) is 0. The van der Waals surface area contributed by atoms with Gasteiger partial charge in [-0.05, 0) is 6.42 Å². The largest absolute Gasteiger partial charge is 0.286 e. The van der Waals surface area contributed by atoms with E-state index < -0.39 is 0 Å². The van der Waals surface area contributed by atoms with Gasteiger partial charge in [0.2, 0.25) is 0 Å². The number of hydrazone groups is 1. The third-order valence-electron chi connectivity index (χ3n) is 1.45. The van der Waals surface area contributed by atoms with E-state index in [2.05, 4.69) is 17.5 Å². The minimum Gasteiger partial charge on any atom is -0.286 e. The fourth-order valence-corrected chi connectivity index (χ4v) is 0.846. The Morgan fingerprint density at radius 1 is 1.80 bits per heavy atom. The minimum absolute atomic E-state index is 0.207. The molecule has 0 atom stereocenters. The summed E-state index contributed by atoms with van der Waals surface area (Å²) in [6.07, 6.45) is 2.81. The highest BCUT2D eigenvalue weighted by molar-refractivity contribution is 5.81. The number of nitrogens with zero attached hydrogens (tertiary/aromatic N) is 2. The zero-order valence-electron chi connectivity index (χ0n) is 6.10. The summed E-state index contributed by atoms with van der Waals surface area (Å²) in [5.41, 5.74) is 2.57. The number of hydrogen-bond acceptors (Lipinski definition) is 3. The lowest BCUT2D eigenvalue weighted by molar-refractivity contribution is 0.124. The molecule has 0 unspecified atom stereocenters. The first-order chi connectivity index (χ1) is 4.84. The van der Waals surface area contributed by atoms with Crippen LogP contribution in [0.2, 0.25) is 0 Å². The van der Waals surface area contributed by atoms with E-state index in [4.69, 9.17) is 0 Å². The first-order valence-corrected chi connectivity index (χ1v) is 3.57. The fourth-order valence-electron chi connectivity index (χ4n) is 0.846. The molecule has 0 spiro atoms. The molecule has 0 amide bonds. The zero-order chi connectivity index (χ0) is 7.40. The van der Waals surface area contributed by atoms with Crippen LogP contribution in [-0.4, -0.2) is 17.6 Å². The number of halogens is 1. The van der Waals surface area contributed by atoms with Gasteiger partial charge in [-0.1, -0.05) is 17.8 Å². The Hall–Kier alpha value is -0.800. The number of amidine groups is 1. The standard InChI is InChI=1S/C6H12FN3/c1-2-3-4-6-9-8-5-10(6)7/h8H,2-5H2,1H3. The number of unbranched alkanes of at least 4 members (excludes halogenated alkanes) is 1. The van der Waals surface area contributed by atoms with Crippen molar-refractivity contribution in [3.8, 4) is 0 Å². The summed E-state index contributed by atoms with van der Waals surface area (Å²) in [5.74, 6) is 0.529. The first-order valence-electron chi connectivity index (χ1n) is 3.57. The van der Waals surface area contributed by atoms with Crippen LogP contribution in [0.25, 0.3) is 0 Å². The van der Waals surface area contributed by atoms with Crippen molar-refractivity contribution < 1.29 is 4.48 Å². The molecule has 3 nitrogen and oxygen atoms in total. The Balaban J connectivity index is 2.26. The molecule has 0 saturated heterocycles. The van der Waals surface area contributed by atoms with Crippen molar-refractivity contribution in [2.24, 2.45) is 5.10 Å². The molecule has 0 aromatic heterocycles. The van der Waals surface area contributed by atoms with Crippen molar-refractivity contribution in [2.45, 2.75) is 26.2 Å². The molecule has 1 aliphatic heterocycles. The zero-order valence-corrected chi connectivity index (χ0v) is 6.10. The van der Waals surface area contributed by atoms with E-state index in [1.165, 1.54) is 0 Å². The normalized spacial score (nSPS) is 17.0. The average Bonchev–Trinajstić information content (AvgIpc) is 2.31. The summed E-state index contributed by atoms with van der Waals surface area (Å²) in [5, 5.41) is 4.42. The van der Waals surface area contributed by atoms with Crippen molar-refractivity contribution in [1.29, 1.82) is 0 Å². The molecule has 1 heterocycles. The molecule has 1 rings (SSSR count). The van der Waals surface area contributed by atoms with Crippen LogP contribution in [0, 0.1) is 0 Å². The summed E-state index contributed by atoms with van der Waals surface area (Å²) in [6, 6.07) is 0. The van der Waals surface area contributed by atoms with Gasteiger partial charge in [-0.3, -0.25) is 5.43 Å². The quantitative estimate of drug-likeness (QED) is 0.605. The maximum atomic E-state index is 12.6. The predicted octanol–water partition coefficient (Wildman–Crippen LogP) is 1.24. The Bertz CT molecular complexity index is 135. The third-order valence-corrected chi connectivity index (χ3v) is 1.45. The van der Waals surface area contributed by atoms with Gasteiger partial charge in [-0.15, -0.1) is 0 Å². The SMILES string of the molecule is CCCCC1=NNCN1F. The molecule has 10 heavy (non-hydrogen) atoms. The van der Waals surface area contributed by atoms with Crippen LogP contribution in [0.1, 0.15) is 26.2 Å². The monoisotopic (exact) mass is 145 g/mol. The second-order valence-corrected chi connectivity index (χ2v) is 2.31. The minimum atomic E-state index is 0.207. The summed E-state index contributed by atoms with van der Waals surface area (Å²) < 4.78 is 12.6. The van der Waals surface area contributed by atoms with Crippen LogP contribution < -0.4 is 5.43 Å². The van der Waals surface area contributed by atoms with Crippen LogP contribution >= 0.6 is 0 Å². The molecule has 0 saturated carbocycles. The average molecular weight is 145 g/mol. The maximum absolute atomic E-state index is 12.6. The molecule has 1 aliphatic rings. The Labute approximate surface area is 59.8 Å². The highest BCUT2D eigenvalue weighted by Gasteiger charge is 2.14. The molecule has 58 valence electrons. The van der Waals surface area contributed by atoms with Crippen molar-refractivity contribution >= 4 is 5.84 Å². The lowest BCUT2D eigenvalue weighted by atomic mass is 10.2. The number of rotatable bonds is 3. The molecule has 0 radical (unpaired) electrons. The van der Waals surface area contributed by atoms with Crippen molar-refractivity contribution in [2.75, 3.05) is 6.67 Å². The number of hydrogen-bond donors (Lipinski definition) is 1. The Kier molecular flexibility index (Phi) is 2.48. The molecule has 0 aromatic carbocycles. The summed E-state index contributed by atoms with van der Waals surface area (Å²) >= 11 is 0. The fraction of sp³-hybridized carbons (Fsp3) is 0.833. The van der Waals surface area contributed by atoms with Crippen LogP contribution in [0.5, 0.6) is 0 Å². The second-order valence-electron chi connectivity index (χ2n) is 2.31. The van der Waals surface area contributed by atoms with E-state index >= 15 is 0 Å². The molecule has 1 N–H and O–H groups in total. The maximum Gasteiger partial charge on any atom is 0.156 e. The van der Waals surface area contributed by atoms with Gasteiger partial charge in [0.05, 0.1) is 0 Å². The molecule has 0 fully saturated rings. The van der Waals surface area contributed by atoms with Gasteiger partial charge < -0.3 is 0 Å². The third kappa shape index (κ3) is 1.59. The van der Waals surface area contributed by atoms with Crippen molar-refractivity contribution in [1.82, 2.24) is 10.5 Å². The predicted molar refractivity (Wildman–Crippen MR) is 37.9 cm³/mol. The van der Waals surface area contributed by atoms with E-state index in [0.29, 0.717) is 11.0 Å².